The highest BCUT2D eigenvalue weighted by Crippen LogP contribution is 2.30. The molecule has 0 aliphatic rings. The van der Waals surface area contributed by atoms with Crippen molar-refractivity contribution in [1.82, 2.24) is 25.0 Å². The third-order valence-corrected chi connectivity index (χ3v) is 3.93. The lowest BCUT2D eigenvalue weighted by Crippen LogP contribution is -2.02. The lowest BCUT2D eigenvalue weighted by Gasteiger charge is -2.09. The largest absolute Gasteiger partial charge is 0.454 e. The zero-order valence-electron chi connectivity index (χ0n) is 16.6. The minimum atomic E-state index is 0.183. The Bertz CT molecular complexity index is 1010. The molecule has 0 fully saturated rings. The van der Waals surface area contributed by atoms with Crippen LogP contribution in [0.1, 0.15) is 26.8 Å². The third kappa shape index (κ3) is 5.13. The van der Waals surface area contributed by atoms with Crippen LogP contribution in [-0.2, 0) is 0 Å². The van der Waals surface area contributed by atoms with Gasteiger partial charge in [-0.2, -0.15) is 10.2 Å². The molecule has 0 saturated carbocycles. The first-order valence-corrected chi connectivity index (χ1v) is 9.18. The standard InChI is InChI=1S/C21H23N7O/c1-5-16(13-20(22-4)25-19-10-8-12-24-26-19)29-18-14-28(15(2)3)27-21(18)17-9-6-7-11-23-17/h5-15H,4H2,1-3H3,(H,25,26)/b16-5+,20-13+. The van der Waals surface area contributed by atoms with E-state index in [2.05, 4.69) is 51.2 Å². The Morgan fingerprint density at radius 1 is 1.24 bits per heavy atom. The number of anilines is 1. The minimum absolute atomic E-state index is 0.183. The van der Waals surface area contributed by atoms with E-state index in [1.54, 1.807) is 30.6 Å². The Hall–Kier alpha value is -3.81. The van der Waals surface area contributed by atoms with Gasteiger partial charge in [-0.1, -0.05) is 6.07 Å². The summed E-state index contributed by atoms with van der Waals surface area (Å²) in [5, 5.41) is 15.5. The van der Waals surface area contributed by atoms with Crippen molar-refractivity contribution in [2.24, 2.45) is 4.99 Å². The van der Waals surface area contributed by atoms with Gasteiger partial charge in [0.15, 0.2) is 17.3 Å². The van der Waals surface area contributed by atoms with Crippen LogP contribution in [0.25, 0.3) is 11.4 Å². The normalized spacial score (nSPS) is 12.1. The number of nitrogens with one attached hydrogen (secondary N) is 1. The zero-order valence-corrected chi connectivity index (χ0v) is 16.6. The molecule has 0 aliphatic carbocycles. The molecule has 0 unspecified atom stereocenters. The molecule has 0 aliphatic heterocycles. The monoisotopic (exact) mass is 389 g/mol. The van der Waals surface area contributed by atoms with E-state index in [1.807, 2.05) is 42.1 Å². The summed E-state index contributed by atoms with van der Waals surface area (Å²) in [6.45, 7) is 9.59. The SMILES string of the molecule is C=N/C(=C\C(=C/C)Oc1cn(C(C)C)nc1-c1ccccn1)Nc1cccnn1. The van der Waals surface area contributed by atoms with E-state index in [4.69, 9.17) is 4.74 Å². The van der Waals surface area contributed by atoms with Gasteiger partial charge in [0.2, 0.25) is 0 Å². The number of hydrogen-bond acceptors (Lipinski definition) is 7. The fourth-order valence-corrected chi connectivity index (χ4v) is 2.45. The highest BCUT2D eigenvalue weighted by molar-refractivity contribution is 5.62. The molecular weight excluding hydrogens is 366 g/mol. The van der Waals surface area contributed by atoms with Gasteiger partial charge in [-0.3, -0.25) is 9.67 Å². The van der Waals surface area contributed by atoms with Crippen molar-refractivity contribution in [2.45, 2.75) is 26.8 Å². The van der Waals surface area contributed by atoms with Crippen LogP contribution in [-0.4, -0.2) is 31.7 Å². The predicted octanol–water partition coefficient (Wildman–Crippen LogP) is 4.25. The van der Waals surface area contributed by atoms with Crippen molar-refractivity contribution in [3.05, 3.63) is 72.7 Å². The van der Waals surface area contributed by atoms with Crippen LogP contribution in [0.2, 0.25) is 0 Å². The van der Waals surface area contributed by atoms with Gasteiger partial charge in [-0.05, 0) is 57.8 Å². The lowest BCUT2D eigenvalue weighted by atomic mass is 10.2. The number of pyridine rings is 1. The highest BCUT2D eigenvalue weighted by atomic mass is 16.5. The quantitative estimate of drug-likeness (QED) is 0.352. The summed E-state index contributed by atoms with van der Waals surface area (Å²) in [4.78, 5) is 8.41. The molecule has 3 aromatic rings. The van der Waals surface area contributed by atoms with Gasteiger partial charge in [0, 0.05) is 24.5 Å². The number of aromatic nitrogens is 5. The topological polar surface area (TPSA) is 90.1 Å². The first kappa shape index (κ1) is 19.9. The summed E-state index contributed by atoms with van der Waals surface area (Å²) in [7, 11) is 0. The maximum Gasteiger partial charge on any atom is 0.174 e. The molecular formula is C21H23N7O. The Morgan fingerprint density at radius 3 is 2.72 bits per heavy atom. The zero-order chi connectivity index (χ0) is 20.6. The van der Waals surface area contributed by atoms with E-state index in [0.29, 0.717) is 28.8 Å². The molecule has 3 heterocycles. The molecule has 0 bridgehead atoms. The van der Waals surface area contributed by atoms with Crippen molar-refractivity contribution < 1.29 is 4.74 Å². The molecule has 1 N–H and O–H groups in total. The summed E-state index contributed by atoms with van der Waals surface area (Å²) in [5.74, 6) is 2.21. The van der Waals surface area contributed by atoms with E-state index in [9.17, 15) is 0 Å². The molecule has 8 nitrogen and oxygen atoms in total. The molecule has 0 aromatic carbocycles. The van der Waals surface area contributed by atoms with Crippen molar-refractivity contribution in [3.8, 4) is 17.1 Å². The van der Waals surface area contributed by atoms with E-state index < -0.39 is 0 Å². The summed E-state index contributed by atoms with van der Waals surface area (Å²) >= 11 is 0. The van der Waals surface area contributed by atoms with Crippen LogP contribution < -0.4 is 10.1 Å². The summed E-state index contributed by atoms with van der Waals surface area (Å²) in [5.41, 5.74) is 1.41. The molecule has 8 heteroatoms. The van der Waals surface area contributed by atoms with Gasteiger partial charge in [0.1, 0.15) is 11.6 Å². The van der Waals surface area contributed by atoms with Crippen molar-refractivity contribution in [1.29, 1.82) is 0 Å². The Balaban J connectivity index is 1.89. The van der Waals surface area contributed by atoms with Gasteiger partial charge in [-0.15, -0.1) is 5.10 Å². The summed E-state index contributed by atoms with van der Waals surface area (Å²) in [6.07, 6.45) is 8.76. The van der Waals surface area contributed by atoms with E-state index in [1.165, 1.54) is 0 Å². The molecule has 0 radical (unpaired) electrons. The van der Waals surface area contributed by atoms with E-state index in [0.717, 1.165) is 5.69 Å². The van der Waals surface area contributed by atoms with Crippen LogP contribution in [0.3, 0.4) is 0 Å². The first-order valence-electron chi connectivity index (χ1n) is 9.18. The van der Waals surface area contributed by atoms with Crippen LogP contribution in [0.5, 0.6) is 5.75 Å². The van der Waals surface area contributed by atoms with Crippen LogP contribution >= 0.6 is 0 Å². The molecule has 3 rings (SSSR count). The van der Waals surface area contributed by atoms with Crippen molar-refractivity contribution in [3.63, 3.8) is 0 Å². The smallest absolute Gasteiger partial charge is 0.174 e. The lowest BCUT2D eigenvalue weighted by molar-refractivity contribution is 0.440. The number of hydrogen-bond donors (Lipinski definition) is 1. The Morgan fingerprint density at radius 2 is 2.10 bits per heavy atom. The van der Waals surface area contributed by atoms with E-state index >= 15 is 0 Å². The van der Waals surface area contributed by atoms with Gasteiger partial charge < -0.3 is 10.1 Å². The Labute approximate surface area is 169 Å². The molecule has 3 aromatic heterocycles. The molecule has 0 saturated heterocycles. The van der Waals surface area contributed by atoms with Crippen molar-refractivity contribution in [2.75, 3.05) is 5.32 Å². The van der Waals surface area contributed by atoms with Crippen LogP contribution in [0.4, 0.5) is 5.82 Å². The second-order valence-corrected chi connectivity index (χ2v) is 6.35. The second-order valence-electron chi connectivity index (χ2n) is 6.35. The maximum atomic E-state index is 6.15. The highest BCUT2D eigenvalue weighted by Gasteiger charge is 2.16. The Kier molecular flexibility index (Phi) is 6.47. The van der Waals surface area contributed by atoms with Crippen LogP contribution in [0, 0.1) is 0 Å². The number of rotatable bonds is 8. The molecule has 29 heavy (non-hydrogen) atoms. The first-order chi connectivity index (χ1) is 14.1. The fourth-order valence-electron chi connectivity index (χ4n) is 2.45. The number of allylic oxidation sites excluding steroid dienone is 2. The maximum absolute atomic E-state index is 6.15. The average Bonchev–Trinajstić information content (AvgIpc) is 3.18. The number of aliphatic imine (C=N–C) groups is 1. The van der Waals surface area contributed by atoms with E-state index in [-0.39, 0.29) is 6.04 Å². The van der Waals surface area contributed by atoms with Gasteiger partial charge in [-0.25, -0.2) is 4.99 Å². The van der Waals surface area contributed by atoms with Gasteiger partial charge >= 0.3 is 0 Å². The van der Waals surface area contributed by atoms with Crippen LogP contribution in [0.15, 0.2) is 77.6 Å². The van der Waals surface area contributed by atoms with Gasteiger partial charge in [0.25, 0.3) is 0 Å². The minimum Gasteiger partial charge on any atom is -0.454 e. The fraction of sp³-hybridized carbons (Fsp3) is 0.190. The van der Waals surface area contributed by atoms with Crippen molar-refractivity contribution >= 4 is 12.5 Å². The predicted molar refractivity (Wildman–Crippen MR) is 114 cm³/mol. The number of nitrogens with zero attached hydrogens (tertiary/aromatic N) is 6. The second kappa shape index (κ2) is 9.41. The molecule has 0 amide bonds. The van der Waals surface area contributed by atoms with Gasteiger partial charge in [0.05, 0.1) is 11.9 Å². The third-order valence-electron chi connectivity index (χ3n) is 3.93. The average molecular weight is 389 g/mol. The summed E-state index contributed by atoms with van der Waals surface area (Å²) in [6, 6.07) is 9.43. The molecule has 148 valence electrons. The molecule has 0 atom stereocenters. The molecule has 0 spiro atoms. The summed E-state index contributed by atoms with van der Waals surface area (Å²) < 4.78 is 8.00. The number of ether oxygens (including phenoxy) is 1.